The summed E-state index contributed by atoms with van der Waals surface area (Å²) in [5, 5.41) is 5.51. The van der Waals surface area contributed by atoms with Gasteiger partial charge >= 0.3 is 0 Å². The molecule has 0 bridgehead atoms. The molecule has 8 aromatic rings. The predicted octanol–water partition coefficient (Wildman–Crippen LogP) is 3.43. The van der Waals surface area contributed by atoms with Gasteiger partial charge in [0.05, 0.1) is 22.1 Å². The quantitative estimate of drug-likeness (QED) is 0.271. The molecular weight excluding hydrogens is 580 g/mol. The number of benzene rings is 6. The second-order valence-corrected chi connectivity index (χ2v) is 17.0. The molecule has 6 aromatic carbocycles. The largest absolute Gasteiger partial charge is 0.309 e. The van der Waals surface area contributed by atoms with Crippen LogP contribution in [-0.2, 0) is 0 Å². The van der Waals surface area contributed by atoms with Crippen molar-refractivity contribution in [1.29, 1.82) is 0 Å². The lowest BCUT2D eigenvalue weighted by molar-refractivity contribution is 1.18. The maximum Gasteiger partial charge on any atom is 0.279 e. The number of aromatic nitrogens is 2. The Labute approximate surface area is 281 Å². The van der Waals surface area contributed by atoms with Crippen molar-refractivity contribution in [3.05, 3.63) is 121 Å². The van der Waals surface area contributed by atoms with Crippen molar-refractivity contribution >= 4 is 125 Å². The van der Waals surface area contributed by atoms with Gasteiger partial charge in [-0.15, -0.1) is 23.5 Å². The molecule has 0 N–H and O–H groups in total. The fourth-order valence-corrected chi connectivity index (χ4v) is 8.95. The summed E-state index contributed by atoms with van der Waals surface area (Å²) < 4.78 is 10.7. The molecular formula is C37H30Al4N2. The van der Waals surface area contributed by atoms with Crippen LogP contribution in [0.15, 0.2) is 121 Å². The summed E-state index contributed by atoms with van der Waals surface area (Å²) in [4.78, 5) is 0. The van der Waals surface area contributed by atoms with Crippen molar-refractivity contribution in [2.24, 2.45) is 0 Å². The van der Waals surface area contributed by atoms with E-state index in [1.165, 1.54) is 83.8 Å². The Morgan fingerprint density at radius 1 is 0.419 bits per heavy atom. The van der Waals surface area contributed by atoms with Crippen molar-refractivity contribution in [3.8, 4) is 22.5 Å². The van der Waals surface area contributed by atoms with E-state index in [1.54, 1.807) is 0 Å². The smallest absolute Gasteiger partial charge is 0.279 e. The number of rotatable bonds is 4. The van der Waals surface area contributed by atoms with Crippen LogP contribution in [0.5, 0.6) is 0 Å². The van der Waals surface area contributed by atoms with Crippen LogP contribution >= 0.6 is 0 Å². The highest BCUT2D eigenvalue weighted by atomic mass is 27.1. The average molecular weight is 611 g/mol. The van der Waals surface area contributed by atoms with Gasteiger partial charge in [-0.1, -0.05) is 72.8 Å². The zero-order chi connectivity index (χ0) is 29.2. The SMILES string of the molecule is [CH3][AlH][c]1ccc2c(c1)c1c[c]([AlH2])ccc1n2-c1ccc(-c2ccc(-n3c4cc[c]([AlH2])cc4c4c[c]([AlH2])ccc43)cc2)cc1. The van der Waals surface area contributed by atoms with Crippen LogP contribution in [0.3, 0.4) is 0 Å². The van der Waals surface area contributed by atoms with Gasteiger partial charge in [0.2, 0.25) is 0 Å². The molecule has 0 saturated carbocycles. The van der Waals surface area contributed by atoms with Crippen molar-refractivity contribution < 1.29 is 0 Å². The van der Waals surface area contributed by atoms with Gasteiger partial charge in [0.15, 0.2) is 0 Å². The molecule has 0 spiro atoms. The first-order valence-corrected chi connectivity index (χ1v) is 20.4. The van der Waals surface area contributed by atoms with Gasteiger partial charge in [-0.3, -0.25) is 0 Å². The van der Waals surface area contributed by atoms with E-state index in [-0.39, 0.29) is 15.2 Å². The molecule has 8 rings (SSSR count). The van der Waals surface area contributed by atoms with E-state index >= 15 is 0 Å². The summed E-state index contributed by atoms with van der Waals surface area (Å²) in [6.45, 7) is 0. The molecule has 0 aliphatic heterocycles. The van der Waals surface area contributed by atoms with E-state index in [1.807, 2.05) is 0 Å². The zero-order valence-electron chi connectivity index (χ0n) is 25.1. The van der Waals surface area contributed by atoms with Gasteiger partial charge in [-0.2, -0.15) is 0 Å². The monoisotopic (exact) mass is 610 g/mol. The minimum absolute atomic E-state index is 0.203. The van der Waals surface area contributed by atoms with Gasteiger partial charge in [-0.05, 0) is 59.7 Å². The second kappa shape index (κ2) is 10.9. The minimum Gasteiger partial charge on any atom is -0.309 e. The van der Waals surface area contributed by atoms with Crippen LogP contribution in [0.4, 0.5) is 0 Å². The van der Waals surface area contributed by atoms with Crippen LogP contribution in [0.2, 0.25) is 5.79 Å². The van der Waals surface area contributed by atoms with Crippen LogP contribution < -0.4 is 17.7 Å². The van der Waals surface area contributed by atoms with Gasteiger partial charge in [-0.25, -0.2) is 0 Å². The van der Waals surface area contributed by atoms with Gasteiger partial charge in [0.25, 0.3) is 64.1 Å². The Hall–Kier alpha value is -2.95. The van der Waals surface area contributed by atoms with Crippen molar-refractivity contribution in [3.63, 3.8) is 0 Å². The van der Waals surface area contributed by atoms with E-state index in [0.717, 1.165) is 48.9 Å². The van der Waals surface area contributed by atoms with Crippen LogP contribution in [0.1, 0.15) is 0 Å². The normalized spacial score (nSPS) is 11.7. The highest BCUT2D eigenvalue weighted by Crippen LogP contribution is 2.34. The van der Waals surface area contributed by atoms with E-state index < -0.39 is 0 Å². The standard InChI is InChI=1S/C36H20N2.CH3.4Al.7H/c1-5-13-33-29(9-1)30-10-2-6-14-34(30)37(33)27-21-17-25(18-22-27)26-19-23-28(24-20-26)38-35-15-7-3-11-31(35)32-12-4-8-16-36(32)38;;;;;;;;;;;;/h5-24H;1H3;;;;;;;;;;;. The van der Waals surface area contributed by atoms with E-state index in [0.29, 0.717) is 0 Å². The van der Waals surface area contributed by atoms with Crippen LogP contribution in [0, 0.1) is 0 Å². The first-order valence-electron chi connectivity index (χ1n) is 15.2. The molecule has 2 heterocycles. The van der Waals surface area contributed by atoms with Crippen molar-refractivity contribution in [1.82, 2.24) is 9.13 Å². The Morgan fingerprint density at radius 3 is 1.14 bits per heavy atom. The third kappa shape index (κ3) is 4.68. The van der Waals surface area contributed by atoms with E-state index in [4.69, 9.17) is 0 Å². The maximum absolute atomic E-state index is 2.44. The Kier molecular flexibility index (Phi) is 6.99. The molecule has 2 nitrogen and oxygen atoms in total. The zero-order valence-corrected chi connectivity index (χ0v) is 32.6. The fourth-order valence-electron chi connectivity index (χ4n) is 6.82. The molecule has 0 aliphatic rings. The number of fused-ring (bicyclic) bond motifs is 6. The van der Waals surface area contributed by atoms with Crippen molar-refractivity contribution in [2.75, 3.05) is 0 Å². The molecule has 200 valence electrons. The average Bonchev–Trinajstić information content (AvgIpc) is 3.52. The molecule has 0 aliphatic carbocycles. The molecule has 6 heteroatoms. The molecule has 0 amide bonds. The summed E-state index contributed by atoms with van der Waals surface area (Å²) in [7, 11) is 0. The van der Waals surface area contributed by atoms with E-state index in [9.17, 15) is 0 Å². The maximum atomic E-state index is 2.44. The highest BCUT2D eigenvalue weighted by molar-refractivity contribution is 6.52. The lowest BCUT2D eigenvalue weighted by Crippen LogP contribution is -2.09. The first-order chi connectivity index (χ1) is 21.0. The minimum atomic E-state index is -0.203. The predicted molar refractivity (Wildman–Crippen MR) is 198 cm³/mol. The molecule has 0 radical (unpaired) electrons. The number of hydrogen-bond donors (Lipinski definition) is 0. The molecule has 2 aromatic heterocycles. The van der Waals surface area contributed by atoms with Gasteiger partial charge in [0, 0.05) is 32.9 Å². The lowest BCUT2D eigenvalue weighted by atomic mass is 10.0. The molecule has 0 fully saturated rings. The second-order valence-electron chi connectivity index (χ2n) is 12.0. The highest BCUT2D eigenvalue weighted by Gasteiger charge is 2.15. The van der Waals surface area contributed by atoms with E-state index in [2.05, 4.69) is 136 Å². The molecule has 0 saturated heterocycles. The van der Waals surface area contributed by atoms with Crippen molar-refractivity contribution in [2.45, 2.75) is 5.79 Å². The molecule has 43 heavy (non-hydrogen) atoms. The fraction of sp³-hybridized carbons (Fsp3) is 0.0270. The third-order valence-electron chi connectivity index (χ3n) is 9.05. The summed E-state index contributed by atoms with van der Waals surface area (Å²) in [5.74, 6) is 2.37. The summed E-state index contributed by atoms with van der Waals surface area (Å²) in [5.41, 5.74) is 10.1. The lowest BCUT2D eigenvalue weighted by Gasteiger charge is -2.11. The Bertz CT molecular complexity index is 2290. The Balaban J connectivity index is 1.19. The van der Waals surface area contributed by atoms with Crippen LogP contribution in [0.25, 0.3) is 66.1 Å². The summed E-state index contributed by atoms with van der Waals surface area (Å²) in [6.07, 6.45) is 0. The topological polar surface area (TPSA) is 9.86 Å². The van der Waals surface area contributed by atoms with Gasteiger partial charge < -0.3 is 9.13 Å². The third-order valence-corrected chi connectivity index (χ3v) is 12.2. The molecule has 0 atom stereocenters. The summed E-state index contributed by atoms with van der Waals surface area (Å²) >= 11 is 2.99. The number of nitrogens with zero attached hydrogens (tertiary/aromatic N) is 2. The number of hydrogen-bond acceptors (Lipinski definition) is 0. The van der Waals surface area contributed by atoms with Gasteiger partial charge in [0.1, 0.15) is 0 Å². The summed E-state index contributed by atoms with van der Waals surface area (Å²) in [6, 6.07) is 46.3. The van der Waals surface area contributed by atoms with Crippen LogP contribution in [-0.4, -0.2) is 73.2 Å². The first kappa shape index (κ1) is 27.6. The Morgan fingerprint density at radius 2 is 0.767 bits per heavy atom. The molecule has 0 unspecified atom stereocenters.